The maximum absolute atomic E-state index is 14.7. The molecule has 2 bridgehead atoms. The second-order valence-corrected chi connectivity index (χ2v) is 9.55. The van der Waals surface area contributed by atoms with Crippen LogP contribution in [0.3, 0.4) is 0 Å². The Morgan fingerprint density at radius 2 is 1.79 bits per heavy atom. The molecule has 10 heteroatoms. The number of hydrogen-bond donors (Lipinski definition) is 1. The van der Waals surface area contributed by atoms with Gasteiger partial charge in [0.2, 0.25) is 11.2 Å². The molecule has 2 aromatic rings. The third kappa shape index (κ3) is 3.95. The van der Waals surface area contributed by atoms with E-state index in [0.717, 1.165) is 50.5 Å². The fourth-order valence-corrected chi connectivity index (χ4v) is 5.51. The van der Waals surface area contributed by atoms with Gasteiger partial charge >= 0.3 is 0 Å². The molecule has 1 amide bonds. The number of piperidine rings is 3. The van der Waals surface area contributed by atoms with Crippen LogP contribution in [0.4, 0.5) is 19.0 Å². The zero-order valence-electron chi connectivity index (χ0n) is 18.3. The Balaban J connectivity index is 1.38. The summed E-state index contributed by atoms with van der Waals surface area (Å²) in [5.41, 5.74) is 0.546. The second kappa shape index (κ2) is 8.43. The van der Waals surface area contributed by atoms with E-state index in [2.05, 4.69) is 20.2 Å². The highest BCUT2D eigenvalue weighted by molar-refractivity contribution is 6.28. The van der Waals surface area contributed by atoms with E-state index in [1.54, 1.807) is 6.92 Å². The van der Waals surface area contributed by atoms with Gasteiger partial charge in [-0.15, -0.1) is 0 Å². The van der Waals surface area contributed by atoms with Crippen molar-refractivity contribution in [2.45, 2.75) is 51.7 Å². The molecule has 33 heavy (non-hydrogen) atoms. The van der Waals surface area contributed by atoms with Gasteiger partial charge in [-0.3, -0.25) is 4.79 Å². The van der Waals surface area contributed by atoms with Gasteiger partial charge < -0.3 is 15.1 Å². The molecule has 0 radical (unpaired) electrons. The van der Waals surface area contributed by atoms with Gasteiger partial charge in [-0.2, -0.15) is 0 Å². The van der Waals surface area contributed by atoms with Gasteiger partial charge in [0.1, 0.15) is 11.6 Å². The maximum Gasteiger partial charge on any atom is 0.266 e. The van der Waals surface area contributed by atoms with Crippen molar-refractivity contribution in [3.8, 4) is 0 Å². The molecule has 0 aliphatic carbocycles. The molecule has 3 saturated heterocycles. The van der Waals surface area contributed by atoms with Crippen LogP contribution in [0.5, 0.6) is 0 Å². The number of alkyl halides is 2. The second-order valence-electron chi connectivity index (χ2n) is 9.22. The number of benzene rings is 1. The molecule has 0 unspecified atom stereocenters. The molecule has 4 aliphatic rings. The summed E-state index contributed by atoms with van der Waals surface area (Å²) < 4.78 is 40.9. The lowest BCUT2D eigenvalue weighted by molar-refractivity contribution is -0.150. The van der Waals surface area contributed by atoms with Crippen LogP contribution in [0.25, 0.3) is 0 Å². The molecule has 1 aromatic heterocycles. The molecule has 0 spiro atoms. The first kappa shape index (κ1) is 22.4. The standard InChI is InChI=1S/C23H25ClF3N5O/c1-13(14-3-2-4-15(18(14)25)19(26)27)28-20-16-11-32(12-17(16)29-22(24)30-20)21(33)23-5-8-31(9-6-23)10-7-23/h2-4,13,19H,5-12H2,1H3,(H,28,29,30)/t13-/m1/s1. The number of nitrogens with zero attached hydrogens (tertiary/aromatic N) is 4. The van der Waals surface area contributed by atoms with Crippen LogP contribution in [-0.2, 0) is 17.9 Å². The van der Waals surface area contributed by atoms with E-state index in [1.807, 2.05) is 4.90 Å². The smallest absolute Gasteiger partial charge is 0.266 e. The summed E-state index contributed by atoms with van der Waals surface area (Å²) in [7, 11) is 0. The number of amides is 1. The number of nitrogens with one attached hydrogen (secondary N) is 1. The first-order chi connectivity index (χ1) is 15.8. The van der Waals surface area contributed by atoms with Crippen LogP contribution in [0.1, 0.15) is 61.0 Å². The van der Waals surface area contributed by atoms with E-state index >= 15 is 0 Å². The highest BCUT2D eigenvalue weighted by Crippen LogP contribution is 2.43. The number of anilines is 1. The Hall–Kier alpha value is -2.39. The predicted molar refractivity (Wildman–Crippen MR) is 117 cm³/mol. The normalized spacial score (nSPS) is 24.8. The Morgan fingerprint density at radius 1 is 1.12 bits per heavy atom. The largest absolute Gasteiger partial charge is 0.363 e. The van der Waals surface area contributed by atoms with Crippen LogP contribution >= 0.6 is 11.6 Å². The van der Waals surface area contributed by atoms with Gasteiger partial charge in [0, 0.05) is 11.1 Å². The van der Waals surface area contributed by atoms with E-state index in [4.69, 9.17) is 11.6 Å². The van der Waals surface area contributed by atoms with Crippen molar-refractivity contribution in [1.29, 1.82) is 0 Å². The molecule has 3 fully saturated rings. The van der Waals surface area contributed by atoms with Crippen LogP contribution in [-0.4, -0.2) is 45.3 Å². The average Bonchev–Trinajstić information content (AvgIpc) is 3.23. The zero-order valence-corrected chi connectivity index (χ0v) is 19.0. The predicted octanol–water partition coefficient (Wildman–Crippen LogP) is 4.71. The summed E-state index contributed by atoms with van der Waals surface area (Å²) in [6.45, 7) is 5.21. The minimum atomic E-state index is -2.90. The molecule has 6 nitrogen and oxygen atoms in total. The lowest BCUT2D eigenvalue weighted by Gasteiger charge is -2.48. The summed E-state index contributed by atoms with van der Waals surface area (Å²) in [6.07, 6.45) is -0.298. The molecule has 1 N–H and O–H groups in total. The van der Waals surface area contributed by atoms with Crippen molar-refractivity contribution in [3.63, 3.8) is 0 Å². The van der Waals surface area contributed by atoms with Crippen LogP contribution < -0.4 is 5.32 Å². The first-order valence-electron chi connectivity index (χ1n) is 11.2. The highest BCUT2D eigenvalue weighted by Gasteiger charge is 2.48. The molecule has 1 atom stereocenters. The molecule has 176 valence electrons. The van der Waals surface area contributed by atoms with Gasteiger partial charge in [0.15, 0.2) is 0 Å². The number of rotatable bonds is 5. The quantitative estimate of drug-likeness (QED) is 0.629. The van der Waals surface area contributed by atoms with E-state index in [0.29, 0.717) is 24.6 Å². The fourth-order valence-electron chi connectivity index (χ4n) is 5.32. The van der Waals surface area contributed by atoms with Crippen LogP contribution in [0.15, 0.2) is 18.2 Å². The van der Waals surface area contributed by atoms with E-state index < -0.39 is 23.8 Å². The topological polar surface area (TPSA) is 61.4 Å². The van der Waals surface area contributed by atoms with Crippen molar-refractivity contribution in [2.24, 2.45) is 5.41 Å². The Morgan fingerprint density at radius 3 is 2.45 bits per heavy atom. The minimum absolute atomic E-state index is 0.0173. The molecule has 5 heterocycles. The molecule has 0 saturated carbocycles. The summed E-state index contributed by atoms with van der Waals surface area (Å²) >= 11 is 6.15. The van der Waals surface area contributed by atoms with Crippen molar-refractivity contribution in [3.05, 3.63) is 51.7 Å². The van der Waals surface area contributed by atoms with Crippen LogP contribution in [0.2, 0.25) is 5.28 Å². The molecular weight excluding hydrogens is 455 g/mol. The summed E-state index contributed by atoms with van der Waals surface area (Å²) in [4.78, 5) is 26.3. The third-order valence-corrected chi connectivity index (χ3v) is 7.50. The number of aromatic nitrogens is 2. The average molecular weight is 480 g/mol. The Kier molecular flexibility index (Phi) is 5.73. The molecule has 6 rings (SSSR count). The van der Waals surface area contributed by atoms with Crippen molar-refractivity contribution >= 4 is 23.3 Å². The minimum Gasteiger partial charge on any atom is -0.363 e. The monoisotopic (exact) mass is 479 g/mol. The van der Waals surface area contributed by atoms with E-state index in [-0.39, 0.29) is 22.2 Å². The molecular formula is C23H25ClF3N5O. The molecule has 4 aliphatic heterocycles. The number of carbonyl (C=O) groups excluding carboxylic acids is 1. The third-order valence-electron chi connectivity index (χ3n) is 7.33. The molecule has 1 aromatic carbocycles. The van der Waals surface area contributed by atoms with Gasteiger partial charge in [-0.1, -0.05) is 18.2 Å². The van der Waals surface area contributed by atoms with Gasteiger partial charge in [-0.25, -0.2) is 23.1 Å². The Labute approximate surface area is 195 Å². The van der Waals surface area contributed by atoms with Crippen molar-refractivity contribution < 1.29 is 18.0 Å². The van der Waals surface area contributed by atoms with E-state index in [1.165, 1.54) is 12.1 Å². The summed E-state index contributed by atoms with van der Waals surface area (Å²) in [6, 6.07) is 3.30. The van der Waals surface area contributed by atoms with Crippen molar-refractivity contribution in [1.82, 2.24) is 19.8 Å². The van der Waals surface area contributed by atoms with Crippen molar-refractivity contribution in [2.75, 3.05) is 25.0 Å². The summed E-state index contributed by atoms with van der Waals surface area (Å²) in [5, 5.41) is 3.13. The first-order valence-corrected chi connectivity index (χ1v) is 11.6. The number of fused-ring (bicyclic) bond motifs is 4. The zero-order chi connectivity index (χ0) is 23.3. The number of halogens is 4. The maximum atomic E-state index is 14.7. The fraction of sp³-hybridized carbons (Fsp3) is 0.522. The summed E-state index contributed by atoms with van der Waals surface area (Å²) in [5.74, 6) is -0.403. The van der Waals surface area contributed by atoms with Gasteiger partial charge in [0.25, 0.3) is 6.43 Å². The highest BCUT2D eigenvalue weighted by atomic mass is 35.5. The van der Waals surface area contributed by atoms with Crippen LogP contribution in [0, 0.1) is 11.2 Å². The lowest BCUT2D eigenvalue weighted by atomic mass is 9.71. The Bertz CT molecular complexity index is 1080. The number of hydrogen-bond acceptors (Lipinski definition) is 5. The van der Waals surface area contributed by atoms with Gasteiger partial charge in [-0.05, 0) is 57.4 Å². The SMILES string of the molecule is C[C@@H](Nc1nc(Cl)nc2c1CN(C(=O)C13CCN(CC1)CC3)C2)c1cccc(C(F)F)c1F. The van der Waals surface area contributed by atoms with E-state index in [9.17, 15) is 18.0 Å². The lowest BCUT2D eigenvalue weighted by Crippen LogP contribution is -2.55. The van der Waals surface area contributed by atoms with Gasteiger partial charge in [0.05, 0.1) is 35.8 Å². The number of carbonyl (C=O) groups is 1.